The van der Waals surface area contributed by atoms with Gasteiger partial charge in [0.25, 0.3) is 5.91 Å². The fourth-order valence-corrected chi connectivity index (χ4v) is 2.39. The van der Waals surface area contributed by atoms with E-state index >= 15 is 0 Å². The summed E-state index contributed by atoms with van der Waals surface area (Å²) in [4.78, 5) is 16.3. The number of carbonyl (C=O) groups excluding carboxylic acids is 1. The summed E-state index contributed by atoms with van der Waals surface area (Å²) in [5, 5.41) is 6.52. The molecule has 4 nitrogen and oxygen atoms in total. The number of rotatable bonds is 4. The number of amides is 1. The van der Waals surface area contributed by atoms with Crippen LogP contribution in [0.15, 0.2) is 60.8 Å². The van der Waals surface area contributed by atoms with Crippen molar-refractivity contribution in [3.05, 3.63) is 82.9 Å². The average molecular weight is 356 g/mol. The van der Waals surface area contributed by atoms with E-state index < -0.39 is 0 Å². The van der Waals surface area contributed by atoms with Gasteiger partial charge in [-0.05, 0) is 61.0 Å². The summed E-state index contributed by atoms with van der Waals surface area (Å²) in [5.74, 6) is -0.722. The molecule has 3 aromatic rings. The van der Waals surface area contributed by atoms with E-state index in [2.05, 4.69) is 15.6 Å². The highest BCUT2D eigenvalue weighted by molar-refractivity contribution is 6.30. The van der Waals surface area contributed by atoms with Crippen LogP contribution in [0.5, 0.6) is 0 Å². The summed E-state index contributed by atoms with van der Waals surface area (Å²) >= 11 is 6.00. The van der Waals surface area contributed by atoms with Gasteiger partial charge >= 0.3 is 0 Å². The molecule has 0 spiro atoms. The molecule has 126 valence electrons. The predicted molar refractivity (Wildman–Crippen MR) is 98.1 cm³/mol. The maximum atomic E-state index is 12.9. The third-order valence-corrected chi connectivity index (χ3v) is 3.81. The van der Waals surface area contributed by atoms with E-state index in [1.807, 2.05) is 25.1 Å². The van der Waals surface area contributed by atoms with Gasteiger partial charge in [-0.15, -0.1) is 0 Å². The van der Waals surface area contributed by atoms with Crippen molar-refractivity contribution >= 4 is 34.6 Å². The lowest BCUT2D eigenvalue weighted by Gasteiger charge is -2.10. The van der Waals surface area contributed by atoms with Crippen molar-refractivity contribution in [2.24, 2.45) is 0 Å². The summed E-state index contributed by atoms with van der Waals surface area (Å²) in [6, 6.07) is 14.5. The quantitative estimate of drug-likeness (QED) is 0.678. The lowest BCUT2D eigenvalue weighted by atomic mass is 10.2. The second kappa shape index (κ2) is 7.32. The predicted octanol–water partition coefficient (Wildman–Crippen LogP) is 5.18. The van der Waals surface area contributed by atoms with Gasteiger partial charge < -0.3 is 10.6 Å². The number of aromatic nitrogens is 1. The molecule has 0 aliphatic heterocycles. The molecular weight excluding hydrogens is 341 g/mol. The Bertz CT molecular complexity index is 896. The Morgan fingerprint density at radius 3 is 2.44 bits per heavy atom. The largest absolute Gasteiger partial charge is 0.354 e. The van der Waals surface area contributed by atoms with E-state index in [0.29, 0.717) is 10.7 Å². The van der Waals surface area contributed by atoms with Gasteiger partial charge in [-0.3, -0.25) is 4.79 Å². The molecule has 1 amide bonds. The lowest BCUT2D eigenvalue weighted by molar-refractivity contribution is 0.102. The Hall–Kier alpha value is -2.92. The number of nitrogens with one attached hydrogen (secondary N) is 2. The third-order valence-electron chi connectivity index (χ3n) is 3.58. The zero-order valence-corrected chi connectivity index (χ0v) is 14.1. The van der Waals surface area contributed by atoms with Crippen molar-refractivity contribution in [3.63, 3.8) is 0 Å². The van der Waals surface area contributed by atoms with Gasteiger partial charge in [0.15, 0.2) is 0 Å². The molecule has 0 aliphatic carbocycles. The molecule has 3 rings (SSSR count). The summed E-state index contributed by atoms with van der Waals surface area (Å²) in [7, 11) is 0. The molecule has 0 saturated carbocycles. The Balaban J connectivity index is 1.70. The monoisotopic (exact) mass is 355 g/mol. The zero-order chi connectivity index (χ0) is 17.8. The van der Waals surface area contributed by atoms with Crippen LogP contribution in [0.2, 0.25) is 5.02 Å². The van der Waals surface area contributed by atoms with Crippen LogP contribution in [-0.2, 0) is 0 Å². The van der Waals surface area contributed by atoms with E-state index in [9.17, 15) is 9.18 Å². The zero-order valence-electron chi connectivity index (χ0n) is 13.4. The molecule has 0 bridgehead atoms. The minimum Gasteiger partial charge on any atom is -0.354 e. The number of hydrogen-bond donors (Lipinski definition) is 2. The van der Waals surface area contributed by atoms with Gasteiger partial charge in [0.1, 0.15) is 11.5 Å². The van der Waals surface area contributed by atoms with Gasteiger partial charge in [-0.2, -0.15) is 0 Å². The molecule has 6 heteroatoms. The van der Waals surface area contributed by atoms with Gasteiger partial charge in [-0.1, -0.05) is 17.7 Å². The number of nitrogens with zero attached hydrogens (tertiary/aromatic N) is 1. The number of halogens is 2. The molecule has 0 aliphatic rings. The Labute approximate surface area is 149 Å². The fraction of sp³-hybridized carbons (Fsp3) is 0.0526. The van der Waals surface area contributed by atoms with Crippen molar-refractivity contribution < 1.29 is 9.18 Å². The standard InChI is InChI=1S/C19H15ClFN3O/c1-12-2-3-13(20)10-18(12)23-16-8-9-17(22-11-16)19(25)24-15-6-4-14(21)5-7-15/h2-11,23H,1H3,(H,24,25). The van der Waals surface area contributed by atoms with Crippen LogP contribution < -0.4 is 10.6 Å². The first-order chi connectivity index (χ1) is 12.0. The van der Waals surface area contributed by atoms with E-state index in [1.54, 1.807) is 18.3 Å². The van der Waals surface area contributed by atoms with Crippen LogP contribution in [0.1, 0.15) is 16.1 Å². The topological polar surface area (TPSA) is 54.0 Å². The van der Waals surface area contributed by atoms with Gasteiger partial charge in [-0.25, -0.2) is 9.37 Å². The van der Waals surface area contributed by atoms with Crippen LogP contribution in [0.25, 0.3) is 0 Å². The van der Waals surface area contributed by atoms with E-state index in [0.717, 1.165) is 16.9 Å². The molecule has 0 radical (unpaired) electrons. The second-order valence-corrected chi connectivity index (χ2v) is 5.91. The Morgan fingerprint density at radius 2 is 1.76 bits per heavy atom. The molecule has 25 heavy (non-hydrogen) atoms. The average Bonchev–Trinajstić information content (AvgIpc) is 2.61. The highest BCUT2D eigenvalue weighted by atomic mass is 35.5. The molecule has 0 saturated heterocycles. The normalized spacial score (nSPS) is 10.4. The molecule has 2 aromatic carbocycles. The molecule has 1 heterocycles. The van der Waals surface area contributed by atoms with Crippen molar-refractivity contribution in [2.75, 3.05) is 10.6 Å². The van der Waals surface area contributed by atoms with Gasteiger partial charge in [0.2, 0.25) is 0 Å². The number of hydrogen-bond acceptors (Lipinski definition) is 3. The van der Waals surface area contributed by atoms with Gasteiger partial charge in [0.05, 0.1) is 11.9 Å². The van der Waals surface area contributed by atoms with Crippen molar-refractivity contribution in [3.8, 4) is 0 Å². The van der Waals surface area contributed by atoms with Crippen LogP contribution in [-0.4, -0.2) is 10.9 Å². The molecular formula is C19H15ClFN3O. The number of carbonyl (C=O) groups is 1. The van der Waals surface area contributed by atoms with Crippen LogP contribution in [0.4, 0.5) is 21.5 Å². The Morgan fingerprint density at radius 1 is 1.04 bits per heavy atom. The van der Waals surface area contributed by atoms with E-state index in [4.69, 9.17) is 11.6 Å². The first-order valence-corrected chi connectivity index (χ1v) is 7.95. The summed E-state index contributed by atoms with van der Waals surface area (Å²) in [6.45, 7) is 1.97. The minimum absolute atomic E-state index is 0.262. The number of anilines is 3. The maximum absolute atomic E-state index is 12.9. The first kappa shape index (κ1) is 16.9. The summed E-state index contributed by atoms with van der Waals surface area (Å²) in [6.07, 6.45) is 1.57. The van der Waals surface area contributed by atoms with Crippen molar-refractivity contribution in [1.29, 1.82) is 0 Å². The second-order valence-electron chi connectivity index (χ2n) is 5.48. The third kappa shape index (κ3) is 4.33. The van der Waals surface area contributed by atoms with Crippen LogP contribution >= 0.6 is 11.6 Å². The smallest absolute Gasteiger partial charge is 0.274 e. The molecule has 2 N–H and O–H groups in total. The van der Waals surface area contributed by atoms with Gasteiger partial charge in [0, 0.05) is 16.4 Å². The highest BCUT2D eigenvalue weighted by Crippen LogP contribution is 2.24. The van der Waals surface area contributed by atoms with Crippen molar-refractivity contribution in [1.82, 2.24) is 4.98 Å². The van der Waals surface area contributed by atoms with E-state index in [1.165, 1.54) is 24.3 Å². The number of pyridine rings is 1. The first-order valence-electron chi connectivity index (χ1n) is 7.57. The molecule has 0 fully saturated rings. The highest BCUT2D eigenvalue weighted by Gasteiger charge is 2.08. The van der Waals surface area contributed by atoms with Crippen LogP contribution in [0.3, 0.4) is 0 Å². The molecule has 0 atom stereocenters. The summed E-state index contributed by atoms with van der Waals surface area (Å²) < 4.78 is 12.9. The number of benzene rings is 2. The maximum Gasteiger partial charge on any atom is 0.274 e. The van der Waals surface area contributed by atoms with Crippen LogP contribution in [0, 0.1) is 12.7 Å². The lowest BCUT2D eigenvalue weighted by Crippen LogP contribution is -2.13. The molecule has 0 unspecified atom stereocenters. The minimum atomic E-state index is -0.364. The SMILES string of the molecule is Cc1ccc(Cl)cc1Nc1ccc(C(=O)Nc2ccc(F)cc2)nc1. The summed E-state index contributed by atoms with van der Waals surface area (Å²) in [5.41, 5.74) is 3.42. The molecule has 1 aromatic heterocycles. The number of aryl methyl sites for hydroxylation is 1. The fourth-order valence-electron chi connectivity index (χ4n) is 2.21. The van der Waals surface area contributed by atoms with Crippen molar-refractivity contribution in [2.45, 2.75) is 6.92 Å². The van der Waals surface area contributed by atoms with E-state index in [-0.39, 0.29) is 17.4 Å². The Kier molecular flexibility index (Phi) is 4.95.